The summed E-state index contributed by atoms with van der Waals surface area (Å²) in [6.45, 7) is 0.465. The van der Waals surface area contributed by atoms with Gasteiger partial charge in [-0.05, 0) is 34.5 Å². The number of amides is 1. The van der Waals surface area contributed by atoms with Crippen LogP contribution < -0.4 is 10.1 Å². The minimum Gasteiger partial charge on any atom is -0.488 e. The van der Waals surface area contributed by atoms with E-state index in [9.17, 15) is 4.79 Å². The van der Waals surface area contributed by atoms with Crippen molar-refractivity contribution in [1.82, 2.24) is 5.32 Å². The number of carbonyl (C=O) groups excluding carboxylic acids is 1. The first kappa shape index (κ1) is 16.8. The van der Waals surface area contributed by atoms with Crippen molar-refractivity contribution in [3.05, 3.63) is 82.8 Å². The summed E-state index contributed by atoms with van der Waals surface area (Å²) < 4.78 is 6.57. The average molecular weight is 377 g/mol. The smallest absolute Gasteiger partial charge is 0.263 e. The summed E-state index contributed by atoms with van der Waals surface area (Å²) in [6, 6.07) is 22.2. The van der Waals surface area contributed by atoms with E-state index < -0.39 is 0 Å². The predicted octanol–water partition coefficient (Wildman–Crippen LogP) is 4.91. The minimum atomic E-state index is -0.165. The molecule has 1 aliphatic rings. The number of hydrogen-bond donors (Lipinski definition) is 1. The first-order valence-corrected chi connectivity index (χ1v) is 9.36. The molecular weight excluding hydrogens is 362 g/mol. The molecule has 0 unspecified atom stereocenters. The van der Waals surface area contributed by atoms with Crippen LogP contribution in [0.1, 0.15) is 11.1 Å². The number of thiocarbonyl (C=S) groups is 1. The van der Waals surface area contributed by atoms with E-state index >= 15 is 0 Å². The normalized spacial score (nSPS) is 15.5. The number of hydrogen-bond acceptors (Lipinski definition) is 4. The molecule has 4 rings (SSSR count). The number of ether oxygens (including phenoxy) is 1. The maximum absolute atomic E-state index is 12.0. The van der Waals surface area contributed by atoms with Crippen LogP contribution in [0.5, 0.6) is 5.75 Å². The van der Waals surface area contributed by atoms with Crippen molar-refractivity contribution in [3.8, 4) is 5.75 Å². The lowest BCUT2D eigenvalue weighted by Gasteiger charge is -2.12. The van der Waals surface area contributed by atoms with Crippen LogP contribution >= 0.6 is 24.0 Å². The number of carbonyl (C=O) groups is 1. The molecule has 1 N–H and O–H groups in total. The van der Waals surface area contributed by atoms with Crippen molar-refractivity contribution in [2.45, 2.75) is 6.61 Å². The highest BCUT2D eigenvalue weighted by Gasteiger charge is 2.22. The Morgan fingerprint density at radius 2 is 1.69 bits per heavy atom. The molecule has 3 aromatic rings. The first-order valence-electron chi connectivity index (χ1n) is 8.13. The fourth-order valence-electron chi connectivity index (χ4n) is 2.77. The Morgan fingerprint density at radius 1 is 1.00 bits per heavy atom. The molecule has 5 heteroatoms. The highest BCUT2D eigenvalue weighted by Crippen LogP contribution is 2.32. The van der Waals surface area contributed by atoms with E-state index in [0.717, 1.165) is 27.6 Å². The molecule has 3 nitrogen and oxygen atoms in total. The van der Waals surface area contributed by atoms with E-state index in [1.807, 2.05) is 72.8 Å². The molecule has 1 heterocycles. The second kappa shape index (κ2) is 7.32. The van der Waals surface area contributed by atoms with Gasteiger partial charge in [-0.15, -0.1) is 0 Å². The second-order valence-electron chi connectivity index (χ2n) is 5.86. The molecule has 0 bridgehead atoms. The van der Waals surface area contributed by atoms with Crippen LogP contribution in [0.2, 0.25) is 0 Å². The largest absolute Gasteiger partial charge is 0.488 e. The zero-order chi connectivity index (χ0) is 17.9. The van der Waals surface area contributed by atoms with Crippen molar-refractivity contribution in [2.75, 3.05) is 0 Å². The fraction of sp³-hybridized carbons (Fsp3) is 0.0476. The topological polar surface area (TPSA) is 38.3 Å². The van der Waals surface area contributed by atoms with E-state index in [4.69, 9.17) is 17.0 Å². The fourth-order valence-corrected chi connectivity index (χ4v) is 3.81. The molecule has 3 aromatic carbocycles. The standard InChI is InChI=1S/C21H15NO2S2/c23-20-19(26-21(25)22-20)12-17-10-15-8-4-5-9-16(15)11-18(17)24-13-14-6-2-1-3-7-14/h1-12H,13H2,(H,22,23,25)/b19-12+. The van der Waals surface area contributed by atoms with Gasteiger partial charge in [0, 0.05) is 5.56 Å². The molecule has 0 atom stereocenters. The summed E-state index contributed by atoms with van der Waals surface area (Å²) in [5, 5.41) is 4.84. The van der Waals surface area contributed by atoms with Crippen molar-refractivity contribution >= 4 is 51.1 Å². The summed E-state index contributed by atoms with van der Waals surface area (Å²) in [7, 11) is 0. The monoisotopic (exact) mass is 377 g/mol. The third-order valence-electron chi connectivity index (χ3n) is 4.04. The van der Waals surface area contributed by atoms with Crippen LogP contribution in [0.3, 0.4) is 0 Å². The summed E-state index contributed by atoms with van der Waals surface area (Å²) in [5.41, 5.74) is 1.95. The van der Waals surface area contributed by atoms with Crippen LogP contribution in [0.25, 0.3) is 16.8 Å². The Balaban J connectivity index is 1.73. The van der Waals surface area contributed by atoms with Crippen LogP contribution in [-0.4, -0.2) is 10.2 Å². The van der Waals surface area contributed by atoms with E-state index in [1.165, 1.54) is 11.8 Å². The van der Waals surface area contributed by atoms with Gasteiger partial charge in [-0.2, -0.15) is 0 Å². The van der Waals surface area contributed by atoms with E-state index in [2.05, 4.69) is 5.32 Å². The zero-order valence-electron chi connectivity index (χ0n) is 13.8. The lowest BCUT2D eigenvalue weighted by molar-refractivity contribution is -0.115. The third kappa shape index (κ3) is 3.64. The van der Waals surface area contributed by atoms with Gasteiger partial charge in [0.1, 0.15) is 16.7 Å². The lowest BCUT2D eigenvalue weighted by atomic mass is 10.1. The number of thioether (sulfide) groups is 1. The number of rotatable bonds is 4. The number of benzene rings is 3. The Bertz CT molecular complexity index is 1030. The maximum atomic E-state index is 12.0. The van der Waals surface area contributed by atoms with Gasteiger partial charge in [-0.3, -0.25) is 4.79 Å². The van der Waals surface area contributed by atoms with Gasteiger partial charge in [0.25, 0.3) is 5.91 Å². The van der Waals surface area contributed by atoms with Crippen molar-refractivity contribution < 1.29 is 9.53 Å². The van der Waals surface area contributed by atoms with Gasteiger partial charge in [-0.25, -0.2) is 0 Å². The quantitative estimate of drug-likeness (QED) is 0.518. The van der Waals surface area contributed by atoms with Gasteiger partial charge < -0.3 is 10.1 Å². The summed E-state index contributed by atoms with van der Waals surface area (Å²) >= 11 is 6.35. The third-order valence-corrected chi connectivity index (χ3v) is 5.21. The van der Waals surface area contributed by atoms with Gasteiger partial charge in [-0.1, -0.05) is 78.6 Å². The predicted molar refractivity (Wildman–Crippen MR) is 111 cm³/mol. The molecule has 0 radical (unpaired) electrons. The van der Waals surface area contributed by atoms with Crippen molar-refractivity contribution in [1.29, 1.82) is 0 Å². The van der Waals surface area contributed by atoms with Gasteiger partial charge in [0.2, 0.25) is 0 Å². The summed E-state index contributed by atoms with van der Waals surface area (Å²) in [4.78, 5) is 12.6. The molecule has 1 fully saturated rings. The number of nitrogens with one attached hydrogen (secondary N) is 1. The van der Waals surface area contributed by atoms with Crippen molar-refractivity contribution in [3.63, 3.8) is 0 Å². The summed E-state index contributed by atoms with van der Waals surface area (Å²) in [5.74, 6) is 0.577. The SMILES string of the molecule is O=C1NC(=S)S/C1=C/c1cc2ccccc2cc1OCc1ccccc1. The molecule has 1 saturated heterocycles. The Hall–Kier alpha value is -2.63. The first-order chi connectivity index (χ1) is 12.7. The van der Waals surface area contributed by atoms with Crippen LogP contribution in [0, 0.1) is 0 Å². The Kier molecular flexibility index (Phi) is 4.73. The van der Waals surface area contributed by atoms with Gasteiger partial charge in [0.05, 0.1) is 4.91 Å². The molecule has 128 valence electrons. The van der Waals surface area contributed by atoms with Crippen LogP contribution in [-0.2, 0) is 11.4 Å². The molecule has 26 heavy (non-hydrogen) atoms. The highest BCUT2D eigenvalue weighted by molar-refractivity contribution is 8.26. The van der Waals surface area contributed by atoms with Crippen LogP contribution in [0.4, 0.5) is 0 Å². The maximum Gasteiger partial charge on any atom is 0.263 e. The number of fused-ring (bicyclic) bond motifs is 1. The molecule has 1 aliphatic heterocycles. The zero-order valence-corrected chi connectivity index (χ0v) is 15.4. The van der Waals surface area contributed by atoms with Crippen molar-refractivity contribution in [2.24, 2.45) is 0 Å². The van der Waals surface area contributed by atoms with Gasteiger partial charge in [0.15, 0.2) is 0 Å². The van der Waals surface area contributed by atoms with E-state index in [-0.39, 0.29) is 5.91 Å². The molecule has 0 spiro atoms. The minimum absolute atomic E-state index is 0.165. The average Bonchev–Trinajstić information content (AvgIpc) is 2.98. The van der Waals surface area contributed by atoms with Gasteiger partial charge >= 0.3 is 0 Å². The Labute approximate surface area is 161 Å². The second-order valence-corrected chi connectivity index (χ2v) is 7.58. The van der Waals surface area contributed by atoms with E-state index in [1.54, 1.807) is 0 Å². The molecule has 0 aromatic heterocycles. The Morgan fingerprint density at radius 3 is 2.38 bits per heavy atom. The molecular formula is C21H15NO2S2. The molecule has 1 amide bonds. The molecule has 0 aliphatic carbocycles. The highest BCUT2D eigenvalue weighted by atomic mass is 32.2. The lowest BCUT2D eigenvalue weighted by Crippen LogP contribution is -2.17. The van der Waals surface area contributed by atoms with E-state index in [0.29, 0.717) is 15.8 Å². The van der Waals surface area contributed by atoms with Crippen LogP contribution in [0.15, 0.2) is 71.6 Å². The summed E-state index contributed by atoms with van der Waals surface area (Å²) in [6.07, 6.45) is 1.84. The molecule has 0 saturated carbocycles.